The first-order chi connectivity index (χ1) is 31.7. The first-order valence-electron chi connectivity index (χ1n) is 21.8. The fourth-order valence-electron chi connectivity index (χ4n) is 9.33. The summed E-state index contributed by atoms with van der Waals surface area (Å²) in [5.74, 6) is 0.577. The van der Waals surface area contributed by atoms with Crippen LogP contribution in [0.15, 0.2) is 229 Å². The van der Waals surface area contributed by atoms with Crippen LogP contribution >= 0.6 is 0 Å². The van der Waals surface area contributed by atoms with Gasteiger partial charge in [0.1, 0.15) is 5.69 Å². The molecule has 0 saturated heterocycles. The topological polar surface area (TPSA) is 60.4 Å². The van der Waals surface area contributed by atoms with E-state index in [1.165, 1.54) is 54.7 Å². The maximum Gasteiger partial charge on any atom is 0.179 e. The zero-order valence-corrected chi connectivity index (χ0v) is 34.9. The van der Waals surface area contributed by atoms with Crippen LogP contribution < -0.4 is 0 Å². The lowest BCUT2D eigenvalue weighted by molar-refractivity contribution is 1.08. The summed E-state index contributed by atoms with van der Waals surface area (Å²) in [7, 11) is 0. The van der Waals surface area contributed by atoms with Crippen molar-refractivity contribution in [3.05, 3.63) is 236 Å². The molecule has 4 aromatic heterocycles. The predicted molar refractivity (Wildman–Crippen MR) is 265 cm³/mol. The third-order valence-electron chi connectivity index (χ3n) is 12.4. The number of pyridine rings is 2. The van der Waals surface area contributed by atoms with Gasteiger partial charge in [-0.2, -0.15) is 0 Å². The van der Waals surface area contributed by atoms with Crippen molar-refractivity contribution in [2.24, 2.45) is 9.98 Å². The lowest BCUT2D eigenvalue weighted by Crippen LogP contribution is -2.10. The van der Waals surface area contributed by atoms with Gasteiger partial charge in [0, 0.05) is 45.3 Å². The van der Waals surface area contributed by atoms with Crippen LogP contribution in [0, 0.1) is 0 Å². The molecule has 0 atom stereocenters. The van der Waals surface area contributed by atoms with E-state index in [2.05, 4.69) is 189 Å². The van der Waals surface area contributed by atoms with Crippen LogP contribution in [0.2, 0.25) is 0 Å². The minimum Gasteiger partial charge on any atom is -0.309 e. The lowest BCUT2D eigenvalue weighted by atomic mass is 9.97. The number of hydrogen-bond acceptors (Lipinski definition) is 4. The summed E-state index contributed by atoms with van der Waals surface area (Å²) < 4.78 is 4.75. The molecule has 1 aliphatic heterocycles. The Morgan fingerprint density at radius 2 is 0.891 bits per heavy atom. The Labute approximate surface area is 370 Å². The number of para-hydroxylation sites is 3. The molecule has 0 unspecified atom stereocenters. The summed E-state index contributed by atoms with van der Waals surface area (Å²) in [5, 5.41) is 4.93. The van der Waals surface area contributed by atoms with Crippen LogP contribution in [0.25, 0.3) is 82.9 Å². The smallest absolute Gasteiger partial charge is 0.179 e. The number of rotatable bonds is 7. The number of benzene rings is 7. The van der Waals surface area contributed by atoms with E-state index in [4.69, 9.17) is 9.98 Å². The Kier molecular flexibility index (Phi) is 9.19. The second-order valence-electron chi connectivity index (χ2n) is 16.2. The molecule has 1 aliphatic rings. The fourth-order valence-corrected chi connectivity index (χ4v) is 9.33. The van der Waals surface area contributed by atoms with E-state index >= 15 is 0 Å². The molecule has 0 N–H and O–H groups in total. The van der Waals surface area contributed by atoms with Gasteiger partial charge in [-0.15, -0.1) is 0 Å². The third-order valence-corrected chi connectivity index (χ3v) is 12.4. The minimum atomic E-state index is 0.577. The molecule has 5 heterocycles. The van der Waals surface area contributed by atoms with E-state index < -0.39 is 0 Å². The van der Waals surface area contributed by atoms with E-state index in [9.17, 15) is 0 Å². The van der Waals surface area contributed by atoms with Gasteiger partial charge in [-0.25, -0.2) is 9.98 Å². The number of aromatic nitrogens is 4. The number of hydrogen-bond donors (Lipinski definition) is 0. The van der Waals surface area contributed by atoms with E-state index in [1.807, 2.05) is 36.4 Å². The van der Waals surface area contributed by atoms with Gasteiger partial charge in [0.25, 0.3) is 0 Å². The SMILES string of the molecule is C1=C(c2ccccn2)/N=C(c2ccccn2)\N=C(\c2cccc(-c3ccc4c(c3)c3ccccc3n4-c3ccc(-c4ccc5c(c4)c4ccccc4n5-c4ccccc4)cc3)c2)CC\1. The first-order valence-corrected chi connectivity index (χ1v) is 21.8. The van der Waals surface area contributed by atoms with Gasteiger partial charge < -0.3 is 9.13 Å². The maximum absolute atomic E-state index is 5.21. The lowest BCUT2D eigenvalue weighted by Gasteiger charge is -2.13. The normalized spacial score (nSPS) is 15.6. The van der Waals surface area contributed by atoms with Crippen molar-refractivity contribution in [2.45, 2.75) is 12.8 Å². The van der Waals surface area contributed by atoms with Crippen LogP contribution in [0.4, 0.5) is 0 Å². The average Bonchev–Trinajstić information content (AvgIpc) is 3.87. The standard InChI is InChI=1S/C58H40N6/c1-2-16-44(17-3-1)63-54-24-6-4-18-46(54)48-37-41(28-32-56(48)63)39-26-30-45(31-27-39)64-55-25-7-5-19-47(55)49-38-42(29-33-57(49)64)40-14-12-15-43(36-40)50-22-13-23-52(51-20-8-10-34-59-51)62-58(61-50)53-21-9-11-35-60-53/h1-12,14-21,23-38H,13,22H2/b52-23-,61-50+,62-58-. The second kappa shape index (κ2) is 15.8. The van der Waals surface area contributed by atoms with Crippen LogP contribution in [0.1, 0.15) is 29.8 Å². The third kappa shape index (κ3) is 6.60. The molecule has 0 amide bonds. The van der Waals surface area contributed by atoms with E-state index in [-0.39, 0.29) is 0 Å². The highest BCUT2D eigenvalue weighted by Gasteiger charge is 2.18. The van der Waals surface area contributed by atoms with Crippen LogP contribution in [0.5, 0.6) is 0 Å². The number of aliphatic imine (C=N–C) groups is 2. The highest BCUT2D eigenvalue weighted by atomic mass is 15.0. The van der Waals surface area contributed by atoms with Crippen molar-refractivity contribution in [1.82, 2.24) is 19.1 Å². The summed E-state index contributed by atoms with van der Waals surface area (Å²) in [5.41, 5.74) is 16.1. The molecule has 7 aromatic carbocycles. The van der Waals surface area contributed by atoms with E-state index in [0.717, 1.165) is 63.7 Å². The molecular weight excluding hydrogens is 781 g/mol. The molecule has 12 rings (SSSR count). The molecule has 0 fully saturated rings. The van der Waals surface area contributed by atoms with Gasteiger partial charge in [0.15, 0.2) is 5.84 Å². The van der Waals surface area contributed by atoms with Crippen molar-refractivity contribution in [3.63, 3.8) is 0 Å². The van der Waals surface area contributed by atoms with Gasteiger partial charge in [-0.1, -0.05) is 115 Å². The van der Waals surface area contributed by atoms with Gasteiger partial charge in [0.2, 0.25) is 0 Å². The summed E-state index contributed by atoms with van der Waals surface area (Å²) in [4.78, 5) is 19.5. The van der Waals surface area contributed by atoms with Gasteiger partial charge in [0.05, 0.1) is 39.2 Å². The highest BCUT2D eigenvalue weighted by Crippen LogP contribution is 2.38. The van der Waals surface area contributed by atoms with E-state index in [0.29, 0.717) is 5.84 Å². The molecular formula is C58H40N6. The number of allylic oxidation sites excluding steroid dienone is 1. The monoisotopic (exact) mass is 820 g/mol. The van der Waals surface area contributed by atoms with E-state index in [1.54, 1.807) is 12.4 Å². The summed E-state index contributed by atoms with van der Waals surface area (Å²) >= 11 is 0. The van der Waals surface area contributed by atoms with Crippen LogP contribution in [0.3, 0.4) is 0 Å². The number of amidine groups is 1. The first kappa shape index (κ1) is 37.3. The molecule has 0 radical (unpaired) electrons. The Bertz CT molecular complexity index is 3630. The van der Waals surface area contributed by atoms with Gasteiger partial charge in [-0.3, -0.25) is 9.97 Å². The van der Waals surface area contributed by atoms with Gasteiger partial charge >= 0.3 is 0 Å². The van der Waals surface area contributed by atoms with Crippen molar-refractivity contribution < 1.29 is 0 Å². The Morgan fingerprint density at radius 3 is 1.55 bits per heavy atom. The van der Waals surface area contributed by atoms with Crippen LogP contribution in [-0.4, -0.2) is 30.6 Å². The average molecular weight is 821 g/mol. The Hall–Kier alpha value is -8.48. The molecule has 0 saturated carbocycles. The molecule has 0 bridgehead atoms. The van der Waals surface area contributed by atoms with Crippen LogP contribution in [-0.2, 0) is 0 Å². The predicted octanol–water partition coefficient (Wildman–Crippen LogP) is 14.1. The zero-order valence-electron chi connectivity index (χ0n) is 34.9. The molecule has 0 aliphatic carbocycles. The Morgan fingerprint density at radius 1 is 0.359 bits per heavy atom. The molecule has 6 heteroatoms. The largest absolute Gasteiger partial charge is 0.309 e. The quantitative estimate of drug-likeness (QED) is 0.161. The molecule has 0 spiro atoms. The van der Waals surface area contributed by atoms with Crippen molar-refractivity contribution >= 4 is 60.9 Å². The molecule has 6 nitrogen and oxygen atoms in total. The fraction of sp³-hybridized carbons (Fsp3) is 0.0345. The molecule has 11 aromatic rings. The summed E-state index contributed by atoms with van der Waals surface area (Å²) in [6, 6.07) is 71.2. The molecule has 64 heavy (non-hydrogen) atoms. The molecule has 302 valence electrons. The Balaban J connectivity index is 0.893. The number of nitrogens with zero attached hydrogens (tertiary/aromatic N) is 6. The maximum atomic E-state index is 5.21. The minimum absolute atomic E-state index is 0.577. The summed E-state index contributed by atoms with van der Waals surface area (Å²) in [6.07, 6.45) is 7.28. The highest BCUT2D eigenvalue weighted by molar-refractivity contribution is 6.14. The van der Waals surface area contributed by atoms with Crippen molar-refractivity contribution in [1.29, 1.82) is 0 Å². The van der Waals surface area contributed by atoms with Gasteiger partial charge in [-0.05, 0) is 132 Å². The van der Waals surface area contributed by atoms with Crippen molar-refractivity contribution in [2.75, 3.05) is 0 Å². The van der Waals surface area contributed by atoms with Crippen molar-refractivity contribution in [3.8, 4) is 33.6 Å². The zero-order chi connectivity index (χ0) is 42.4. The number of fused-ring (bicyclic) bond motifs is 6. The second-order valence-corrected chi connectivity index (χ2v) is 16.2. The summed E-state index contributed by atoms with van der Waals surface area (Å²) in [6.45, 7) is 0.